The number of piperidine rings is 1. The van der Waals surface area contributed by atoms with Crippen molar-refractivity contribution in [2.45, 2.75) is 43.9 Å². The molecular formula is C33H38N4O3S. The van der Waals surface area contributed by atoms with Gasteiger partial charge in [0.1, 0.15) is 5.84 Å². The molecule has 3 aromatic carbocycles. The Morgan fingerprint density at radius 2 is 1.78 bits per heavy atom. The van der Waals surface area contributed by atoms with Gasteiger partial charge in [0, 0.05) is 30.4 Å². The predicted octanol–water partition coefficient (Wildman–Crippen LogP) is 5.79. The molecule has 0 spiro atoms. The Kier molecular flexibility index (Phi) is 8.59. The van der Waals surface area contributed by atoms with Crippen molar-refractivity contribution in [1.82, 2.24) is 9.88 Å². The van der Waals surface area contributed by atoms with Crippen LogP contribution in [-0.2, 0) is 21.1 Å². The fraction of sp³-hybridized carbons (Fsp3) is 0.333. The summed E-state index contributed by atoms with van der Waals surface area (Å²) in [5.41, 5.74) is 9.81. The van der Waals surface area contributed by atoms with E-state index in [4.69, 9.17) is 11.1 Å². The van der Waals surface area contributed by atoms with Crippen LogP contribution in [0.15, 0.2) is 83.9 Å². The van der Waals surface area contributed by atoms with E-state index in [-0.39, 0.29) is 28.8 Å². The third-order valence-corrected chi connectivity index (χ3v) is 10.0. The Morgan fingerprint density at radius 3 is 2.54 bits per heavy atom. The van der Waals surface area contributed by atoms with E-state index in [1.807, 2.05) is 47.5 Å². The van der Waals surface area contributed by atoms with Gasteiger partial charge in [-0.25, -0.2) is 8.42 Å². The number of H-pyrrole nitrogens is 1. The second kappa shape index (κ2) is 12.3. The number of hydrogen-bond acceptors (Lipinski definition) is 4. The summed E-state index contributed by atoms with van der Waals surface area (Å²) in [5.74, 6) is -0.594. The molecule has 0 radical (unpaired) electrons. The number of amidine groups is 1. The van der Waals surface area contributed by atoms with Crippen LogP contribution in [0.5, 0.6) is 0 Å². The number of hydrogen-bond donors (Lipinski definition) is 3. The normalized spacial score (nSPS) is 15.2. The number of likely N-dealkylation sites (tertiary alicyclic amines) is 1. The first-order chi connectivity index (χ1) is 19.7. The molecule has 41 heavy (non-hydrogen) atoms. The third kappa shape index (κ3) is 6.70. The van der Waals surface area contributed by atoms with Crippen LogP contribution in [0.3, 0.4) is 0 Å². The third-order valence-electron chi connectivity index (χ3n) is 8.19. The maximum atomic E-state index is 13.9. The smallest absolute Gasteiger partial charge is 0.227 e. The number of aromatic amines is 1. The van der Waals surface area contributed by atoms with Gasteiger partial charge >= 0.3 is 0 Å². The minimum Gasteiger partial charge on any atom is -0.384 e. The SMILES string of the molecule is CCCC1CCN(C(=O)C(Cc2cccc(C(=N)N)c2)CS(=O)(=O)c2cccc(-c3ccc4[nH]ccc4c3)c2)CC1. The molecule has 7 nitrogen and oxygen atoms in total. The van der Waals surface area contributed by atoms with Crippen molar-refractivity contribution in [3.8, 4) is 11.1 Å². The number of carbonyl (C=O) groups is 1. The first-order valence-electron chi connectivity index (χ1n) is 14.4. The lowest BCUT2D eigenvalue weighted by Gasteiger charge is -2.34. The van der Waals surface area contributed by atoms with Crippen LogP contribution in [0.1, 0.15) is 43.7 Å². The molecule has 4 aromatic rings. The molecular weight excluding hydrogens is 532 g/mol. The summed E-state index contributed by atoms with van der Waals surface area (Å²) in [6, 6.07) is 22.1. The lowest BCUT2D eigenvalue weighted by atomic mass is 9.91. The molecule has 1 aliphatic rings. The van der Waals surface area contributed by atoms with E-state index in [0.29, 0.717) is 24.6 Å². The minimum atomic E-state index is -3.79. The number of nitrogen functional groups attached to an aromatic ring is 1. The number of carbonyl (C=O) groups excluding carboxylic acids is 1. The van der Waals surface area contributed by atoms with Crippen LogP contribution in [-0.4, -0.2) is 48.9 Å². The Balaban J connectivity index is 1.42. The Bertz CT molecular complexity index is 1650. The molecule has 8 heteroatoms. The van der Waals surface area contributed by atoms with E-state index in [1.165, 1.54) is 0 Å². The quantitative estimate of drug-likeness (QED) is 0.165. The van der Waals surface area contributed by atoms with Crippen molar-refractivity contribution in [3.63, 3.8) is 0 Å². The fourth-order valence-electron chi connectivity index (χ4n) is 5.94. The highest BCUT2D eigenvalue weighted by Crippen LogP contribution is 2.29. The van der Waals surface area contributed by atoms with E-state index in [2.05, 4.69) is 11.9 Å². The van der Waals surface area contributed by atoms with Gasteiger partial charge in [-0.3, -0.25) is 10.2 Å². The van der Waals surface area contributed by atoms with Crippen LogP contribution in [0, 0.1) is 17.2 Å². The largest absolute Gasteiger partial charge is 0.384 e. The highest BCUT2D eigenvalue weighted by atomic mass is 32.2. The van der Waals surface area contributed by atoms with Gasteiger partial charge in [-0.15, -0.1) is 0 Å². The highest BCUT2D eigenvalue weighted by Gasteiger charge is 2.32. The van der Waals surface area contributed by atoms with Crippen molar-refractivity contribution in [1.29, 1.82) is 5.41 Å². The van der Waals surface area contributed by atoms with Gasteiger partial charge in [0.05, 0.1) is 16.6 Å². The standard InChI is InChI=1S/C33H38N4O3S/c1-2-5-23-13-16-37(17-14-23)33(38)29(19-24-6-3-8-28(18-24)32(34)35)22-41(39,40)30-9-4-7-25(21-30)26-10-11-31-27(20-26)12-15-36-31/h3-4,6-12,15,18,20-21,23,29,36H,2,5,13-14,16-17,19,22H2,1H3,(H3,34,35). The van der Waals surface area contributed by atoms with Crippen molar-refractivity contribution >= 4 is 32.5 Å². The van der Waals surface area contributed by atoms with E-state index >= 15 is 0 Å². The molecule has 0 aliphatic carbocycles. The van der Waals surface area contributed by atoms with Gasteiger partial charge in [0.2, 0.25) is 5.91 Å². The van der Waals surface area contributed by atoms with Crippen LogP contribution < -0.4 is 5.73 Å². The maximum Gasteiger partial charge on any atom is 0.227 e. The maximum absolute atomic E-state index is 13.9. The second-order valence-corrected chi connectivity index (χ2v) is 13.2. The lowest BCUT2D eigenvalue weighted by molar-refractivity contribution is -0.136. The number of rotatable bonds is 10. The monoisotopic (exact) mass is 570 g/mol. The molecule has 214 valence electrons. The zero-order chi connectivity index (χ0) is 29.0. The Hall–Kier alpha value is -3.91. The molecule has 1 unspecified atom stereocenters. The molecule has 2 heterocycles. The summed E-state index contributed by atoms with van der Waals surface area (Å²) in [6.07, 6.45) is 6.33. The molecule has 4 N–H and O–H groups in total. The average Bonchev–Trinajstić information content (AvgIpc) is 3.45. The highest BCUT2D eigenvalue weighted by molar-refractivity contribution is 7.91. The number of nitrogens with two attached hydrogens (primary N) is 1. The average molecular weight is 571 g/mol. The van der Waals surface area contributed by atoms with Gasteiger partial charge in [-0.1, -0.05) is 56.2 Å². The molecule has 0 saturated carbocycles. The number of benzene rings is 3. The first-order valence-corrected chi connectivity index (χ1v) is 16.0. The fourth-order valence-corrected chi connectivity index (χ4v) is 7.51. The van der Waals surface area contributed by atoms with Gasteiger partial charge in [-0.2, -0.15) is 0 Å². The predicted molar refractivity (Wildman–Crippen MR) is 165 cm³/mol. The van der Waals surface area contributed by atoms with Crippen molar-refractivity contribution in [2.75, 3.05) is 18.8 Å². The van der Waals surface area contributed by atoms with Crippen molar-refractivity contribution in [3.05, 3.63) is 90.1 Å². The van der Waals surface area contributed by atoms with Crippen LogP contribution in [0.2, 0.25) is 0 Å². The van der Waals surface area contributed by atoms with Crippen molar-refractivity contribution in [2.24, 2.45) is 17.6 Å². The number of amides is 1. The second-order valence-electron chi connectivity index (χ2n) is 11.2. The number of aromatic nitrogens is 1. The van der Waals surface area contributed by atoms with Crippen LogP contribution >= 0.6 is 0 Å². The van der Waals surface area contributed by atoms with Crippen LogP contribution in [0.4, 0.5) is 0 Å². The van der Waals surface area contributed by atoms with Gasteiger partial charge in [-0.05, 0) is 83.7 Å². The van der Waals surface area contributed by atoms with Gasteiger partial charge in [0.25, 0.3) is 0 Å². The van der Waals surface area contributed by atoms with E-state index in [9.17, 15) is 13.2 Å². The van der Waals surface area contributed by atoms with Crippen LogP contribution in [0.25, 0.3) is 22.0 Å². The van der Waals surface area contributed by atoms with Gasteiger partial charge < -0.3 is 15.6 Å². The molecule has 0 bridgehead atoms. The zero-order valence-corrected chi connectivity index (χ0v) is 24.3. The Labute approximate surface area is 242 Å². The molecule has 1 aliphatic heterocycles. The summed E-state index contributed by atoms with van der Waals surface area (Å²) >= 11 is 0. The number of fused-ring (bicyclic) bond motifs is 1. The minimum absolute atomic E-state index is 0.0602. The van der Waals surface area contributed by atoms with E-state index in [0.717, 1.165) is 53.3 Å². The van der Waals surface area contributed by atoms with E-state index < -0.39 is 15.8 Å². The summed E-state index contributed by atoms with van der Waals surface area (Å²) in [6.45, 7) is 3.50. The van der Waals surface area contributed by atoms with Gasteiger partial charge in [0.15, 0.2) is 9.84 Å². The summed E-state index contributed by atoms with van der Waals surface area (Å²) in [4.78, 5) is 19.1. The number of nitrogens with zero attached hydrogens (tertiary/aromatic N) is 1. The van der Waals surface area contributed by atoms with E-state index in [1.54, 1.807) is 36.4 Å². The zero-order valence-electron chi connectivity index (χ0n) is 23.5. The molecule has 5 rings (SSSR count). The summed E-state index contributed by atoms with van der Waals surface area (Å²) in [7, 11) is -3.79. The summed E-state index contributed by atoms with van der Waals surface area (Å²) in [5, 5.41) is 8.85. The topological polar surface area (TPSA) is 120 Å². The number of sulfone groups is 1. The summed E-state index contributed by atoms with van der Waals surface area (Å²) < 4.78 is 27.7. The molecule has 1 amide bonds. The molecule has 1 aromatic heterocycles. The molecule has 1 saturated heterocycles. The molecule has 1 fully saturated rings. The Morgan fingerprint density at radius 1 is 1.02 bits per heavy atom. The van der Waals surface area contributed by atoms with Crippen molar-refractivity contribution < 1.29 is 13.2 Å². The first kappa shape index (κ1) is 28.6. The lowest BCUT2D eigenvalue weighted by Crippen LogP contribution is -2.44. The molecule has 1 atom stereocenters. The number of nitrogens with one attached hydrogen (secondary N) is 2.